The second kappa shape index (κ2) is 7.39. The molecular weight excluding hydrogens is 242 g/mol. The summed E-state index contributed by atoms with van der Waals surface area (Å²) in [5.74, 6) is -0.423. The summed E-state index contributed by atoms with van der Waals surface area (Å²) in [7, 11) is -4.13. The van der Waals surface area contributed by atoms with Gasteiger partial charge in [0, 0.05) is 0 Å². The van der Waals surface area contributed by atoms with Gasteiger partial charge in [-0.15, -0.1) is 0 Å². The van der Waals surface area contributed by atoms with Crippen LogP contribution in [0.2, 0.25) is 0 Å². The van der Waals surface area contributed by atoms with E-state index in [9.17, 15) is 13.0 Å². The van der Waals surface area contributed by atoms with Crippen LogP contribution in [0.5, 0.6) is 0 Å². The summed E-state index contributed by atoms with van der Waals surface area (Å²) in [6.45, 7) is 4.19. The summed E-state index contributed by atoms with van der Waals surface area (Å²) in [5, 5.41) is 2.27. The van der Waals surface area contributed by atoms with Gasteiger partial charge in [-0.2, -0.15) is 0 Å². The van der Waals surface area contributed by atoms with Crippen LogP contribution in [0.4, 0.5) is 0 Å². The lowest BCUT2D eigenvalue weighted by molar-refractivity contribution is -0.670. The summed E-state index contributed by atoms with van der Waals surface area (Å²) >= 11 is 0. The van der Waals surface area contributed by atoms with E-state index in [4.69, 9.17) is 4.74 Å². The second-order valence-corrected chi connectivity index (χ2v) is 5.07. The number of quaternary nitrogens is 1. The Balaban J connectivity index is 0.000000202. The third-order valence-electron chi connectivity index (χ3n) is 2.12. The smallest absolute Gasteiger partial charge is 0.0993 e. The minimum Gasteiger partial charge on any atom is -0.748 e. The molecule has 0 aliphatic carbocycles. The van der Waals surface area contributed by atoms with E-state index in [0.29, 0.717) is 5.56 Å². The Labute approximate surface area is 102 Å². The fourth-order valence-corrected chi connectivity index (χ4v) is 1.96. The summed E-state index contributed by atoms with van der Waals surface area (Å²) < 4.78 is 35.8. The first-order chi connectivity index (χ1) is 8.08. The van der Waals surface area contributed by atoms with Gasteiger partial charge in [0.2, 0.25) is 0 Å². The molecule has 0 bridgehead atoms. The number of hydrogen-bond acceptors (Lipinski definition) is 4. The molecule has 0 amide bonds. The average molecular weight is 259 g/mol. The Hall–Kier alpha value is -0.950. The highest BCUT2D eigenvalue weighted by Gasteiger charge is 1.97. The Morgan fingerprint density at radius 2 is 1.76 bits per heavy atom. The molecule has 1 aromatic carbocycles. The van der Waals surface area contributed by atoms with Gasteiger partial charge in [0.05, 0.1) is 42.2 Å². The zero-order valence-corrected chi connectivity index (χ0v) is 10.4. The predicted molar refractivity (Wildman–Crippen MR) is 62.3 cm³/mol. The number of benzene rings is 1. The Bertz CT molecular complexity index is 389. The van der Waals surface area contributed by atoms with Crippen LogP contribution in [-0.4, -0.2) is 39.3 Å². The van der Waals surface area contributed by atoms with Crippen molar-refractivity contribution in [1.82, 2.24) is 0 Å². The van der Waals surface area contributed by atoms with Crippen LogP contribution in [0.25, 0.3) is 0 Å². The van der Waals surface area contributed by atoms with E-state index in [-0.39, 0.29) is 0 Å². The topological polar surface area (TPSA) is 83.0 Å². The quantitative estimate of drug-likeness (QED) is 0.713. The maximum Gasteiger partial charge on any atom is 0.0993 e. The molecule has 1 saturated heterocycles. The van der Waals surface area contributed by atoms with Gasteiger partial charge in [-0.1, -0.05) is 30.3 Å². The Morgan fingerprint density at radius 3 is 2.12 bits per heavy atom. The molecule has 2 N–H and O–H groups in total. The molecule has 5 nitrogen and oxygen atoms in total. The van der Waals surface area contributed by atoms with Crippen molar-refractivity contribution in [1.29, 1.82) is 0 Å². The maximum atomic E-state index is 10.2. The van der Waals surface area contributed by atoms with Crippen molar-refractivity contribution >= 4 is 10.1 Å². The molecule has 6 heteroatoms. The lowest BCUT2D eigenvalue weighted by Gasteiger charge is -2.07. The minimum atomic E-state index is -4.13. The first kappa shape index (κ1) is 14.1. The molecule has 1 aliphatic rings. The summed E-state index contributed by atoms with van der Waals surface area (Å²) in [5.41, 5.74) is 0.530. The summed E-state index contributed by atoms with van der Waals surface area (Å²) in [6.07, 6.45) is 0. The first-order valence-corrected chi connectivity index (χ1v) is 7.02. The van der Waals surface area contributed by atoms with Gasteiger partial charge in [-0.05, 0) is 5.56 Å². The van der Waals surface area contributed by atoms with E-state index in [1.807, 2.05) is 0 Å². The molecule has 0 radical (unpaired) electrons. The average Bonchev–Trinajstić information content (AvgIpc) is 2.31. The van der Waals surface area contributed by atoms with Crippen LogP contribution in [0.1, 0.15) is 5.56 Å². The fourth-order valence-electron chi connectivity index (χ4n) is 1.36. The normalized spacial score (nSPS) is 15.8. The van der Waals surface area contributed by atoms with Gasteiger partial charge in [0.1, 0.15) is 0 Å². The highest BCUT2D eigenvalue weighted by Crippen LogP contribution is 2.02. The monoisotopic (exact) mass is 259 g/mol. The number of nitrogens with two attached hydrogens (primary N) is 1. The van der Waals surface area contributed by atoms with E-state index in [1.54, 1.807) is 30.3 Å². The molecule has 2 rings (SSSR count). The number of ether oxygens (including phenoxy) is 1. The van der Waals surface area contributed by atoms with Gasteiger partial charge < -0.3 is 14.6 Å². The maximum absolute atomic E-state index is 10.2. The van der Waals surface area contributed by atoms with E-state index >= 15 is 0 Å². The Kier molecular flexibility index (Phi) is 6.13. The summed E-state index contributed by atoms with van der Waals surface area (Å²) in [4.78, 5) is 0. The standard InChI is InChI=1S/C7H8O3S.C4H9NO/c8-11(9,10)6-7-4-2-1-3-5-7;1-3-6-4-2-5-1/h1-5H,6H2,(H,8,9,10);5H,1-4H2. The predicted octanol–water partition coefficient (Wildman–Crippen LogP) is -0.688. The highest BCUT2D eigenvalue weighted by molar-refractivity contribution is 7.84. The van der Waals surface area contributed by atoms with Crippen molar-refractivity contribution in [3.63, 3.8) is 0 Å². The lowest BCUT2D eigenvalue weighted by atomic mass is 10.2. The zero-order valence-electron chi connectivity index (χ0n) is 9.54. The van der Waals surface area contributed by atoms with Crippen molar-refractivity contribution in [3.05, 3.63) is 35.9 Å². The van der Waals surface area contributed by atoms with Crippen molar-refractivity contribution in [2.75, 3.05) is 26.3 Å². The van der Waals surface area contributed by atoms with Gasteiger partial charge in [-0.25, -0.2) is 8.42 Å². The van der Waals surface area contributed by atoms with Crippen molar-refractivity contribution in [2.45, 2.75) is 5.75 Å². The fraction of sp³-hybridized carbons (Fsp3) is 0.455. The second-order valence-electron chi connectivity index (χ2n) is 3.67. The molecule has 1 aliphatic heterocycles. The third kappa shape index (κ3) is 7.87. The lowest BCUT2D eigenvalue weighted by Crippen LogP contribution is -2.87. The molecule has 1 fully saturated rings. The number of rotatable bonds is 2. The van der Waals surface area contributed by atoms with Crippen LogP contribution in [0.15, 0.2) is 30.3 Å². The van der Waals surface area contributed by atoms with E-state index in [0.717, 1.165) is 26.3 Å². The molecule has 1 heterocycles. The van der Waals surface area contributed by atoms with Crippen LogP contribution in [0, 0.1) is 0 Å². The van der Waals surface area contributed by atoms with Crippen LogP contribution in [-0.2, 0) is 20.6 Å². The molecule has 0 aromatic heterocycles. The zero-order chi connectivity index (χ0) is 12.6. The third-order valence-corrected chi connectivity index (χ3v) is 2.81. The van der Waals surface area contributed by atoms with E-state index in [2.05, 4.69) is 5.32 Å². The molecule has 0 saturated carbocycles. The first-order valence-electron chi connectivity index (χ1n) is 5.45. The van der Waals surface area contributed by atoms with Crippen LogP contribution in [0.3, 0.4) is 0 Å². The Morgan fingerprint density at radius 1 is 1.18 bits per heavy atom. The van der Waals surface area contributed by atoms with Crippen molar-refractivity contribution < 1.29 is 23.0 Å². The van der Waals surface area contributed by atoms with Crippen molar-refractivity contribution in [2.24, 2.45) is 0 Å². The van der Waals surface area contributed by atoms with Gasteiger partial charge >= 0.3 is 0 Å². The molecule has 96 valence electrons. The van der Waals surface area contributed by atoms with E-state index < -0.39 is 15.9 Å². The molecule has 17 heavy (non-hydrogen) atoms. The molecule has 0 unspecified atom stereocenters. The number of hydrogen-bond donors (Lipinski definition) is 1. The summed E-state index contributed by atoms with van der Waals surface area (Å²) in [6, 6.07) is 8.37. The minimum absolute atomic E-state index is 0.423. The number of morpholine rings is 1. The van der Waals surface area contributed by atoms with Crippen LogP contribution >= 0.6 is 0 Å². The van der Waals surface area contributed by atoms with E-state index in [1.165, 1.54) is 0 Å². The molecular formula is C11H17NO4S. The van der Waals surface area contributed by atoms with Gasteiger partial charge in [0.15, 0.2) is 0 Å². The van der Waals surface area contributed by atoms with Crippen molar-refractivity contribution in [3.8, 4) is 0 Å². The molecule has 0 spiro atoms. The molecule has 0 atom stereocenters. The van der Waals surface area contributed by atoms with Gasteiger partial charge in [-0.3, -0.25) is 0 Å². The highest BCUT2D eigenvalue weighted by atomic mass is 32.2. The largest absolute Gasteiger partial charge is 0.748 e. The van der Waals surface area contributed by atoms with Crippen LogP contribution < -0.4 is 5.32 Å². The molecule has 1 aromatic rings. The SMILES string of the molecule is C1COCC[NH2+]1.O=S(=O)([O-])Cc1ccccc1. The van der Waals surface area contributed by atoms with Gasteiger partial charge in [0.25, 0.3) is 0 Å².